The van der Waals surface area contributed by atoms with Crippen LogP contribution in [0.1, 0.15) is 13.3 Å². The predicted octanol–water partition coefficient (Wildman–Crippen LogP) is 3.73. The average molecular weight is 306 g/mol. The highest BCUT2D eigenvalue weighted by Crippen LogP contribution is 2.45. The molecule has 4 nitrogen and oxygen atoms in total. The predicted molar refractivity (Wildman–Crippen MR) is 84.7 cm³/mol. The zero-order valence-electron chi connectivity index (χ0n) is 11.9. The Bertz CT molecular complexity index is 688. The van der Waals surface area contributed by atoms with Crippen molar-refractivity contribution in [2.45, 2.75) is 13.3 Å². The zero-order chi connectivity index (χ0) is 15.3. The van der Waals surface area contributed by atoms with Gasteiger partial charge in [0.1, 0.15) is 5.75 Å². The van der Waals surface area contributed by atoms with Gasteiger partial charge >= 0.3 is 7.60 Å². The van der Waals surface area contributed by atoms with Crippen LogP contribution in [0.15, 0.2) is 54.1 Å². The minimum atomic E-state index is -3.71. The zero-order valence-corrected chi connectivity index (χ0v) is 12.8. The quantitative estimate of drug-likeness (QED) is 0.630. The molecule has 1 unspecified atom stereocenters. The van der Waals surface area contributed by atoms with E-state index in [1.165, 1.54) is 0 Å². The molecule has 0 heterocycles. The first-order chi connectivity index (χ1) is 10.0. The summed E-state index contributed by atoms with van der Waals surface area (Å²) in [5, 5.41) is 10.7. The van der Waals surface area contributed by atoms with Gasteiger partial charge < -0.3 is 14.5 Å². The molecule has 21 heavy (non-hydrogen) atoms. The summed E-state index contributed by atoms with van der Waals surface area (Å²) < 4.78 is 17.5. The van der Waals surface area contributed by atoms with Crippen LogP contribution in [0.25, 0.3) is 10.8 Å². The van der Waals surface area contributed by atoms with Gasteiger partial charge in [0.2, 0.25) is 0 Å². The van der Waals surface area contributed by atoms with E-state index in [0.717, 1.165) is 16.3 Å². The second kappa shape index (κ2) is 6.90. The largest absolute Gasteiger partial charge is 0.424 e. The van der Waals surface area contributed by atoms with E-state index in [9.17, 15) is 9.46 Å². The Hall–Kier alpha value is -1.61. The number of aliphatic hydroxyl groups excluding tert-OH is 1. The highest BCUT2D eigenvalue weighted by Gasteiger charge is 2.20. The molecule has 2 rings (SSSR count). The van der Waals surface area contributed by atoms with Gasteiger partial charge in [-0.1, -0.05) is 48.0 Å². The van der Waals surface area contributed by atoms with Crippen LogP contribution in [0.4, 0.5) is 0 Å². The lowest BCUT2D eigenvalue weighted by Crippen LogP contribution is -1.98. The summed E-state index contributed by atoms with van der Waals surface area (Å²) in [6.45, 7) is 1.73. The third-order valence-electron chi connectivity index (χ3n) is 3.14. The van der Waals surface area contributed by atoms with Gasteiger partial charge in [0, 0.05) is 5.39 Å². The number of benzene rings is 2. The molecule has 5 heteroatoms. The van der Waals surface area contributed by atoms with Crippen molar-refractivity contribution in [3.8, 4) is 5.75 Å². The highest BCUT2D eigenvalue weighted by atomic mass is 31.2. The minimum Gasteiger partial charge on any atom is -0.424 e. The van der Waals surface area contributed by atoms with Gasteiger partial charge in [-0.3, -0.25) is 0 Å². The standard InChI is InChI=1S/C16H19O4P/c1-13(12-17)6-5-11-21(18,19)20-16-10-4-8-14-7-2-3-9-15(14)16/h2-4,6-10,17H,5,11-12H2,1H3,(H,18,19)/b13-6-. The molecule has 2 aromatic rings. The van der Waals surface area contributed by atoms with Crippen molar-refractivity contribution < 1.29 is 19.1 Å². The molecule has 0 aliphatic rings. The first-order valence-electron chi connectivity index (χ1n) is 6.77. The van der Waals surface area contributed by atoms with Crippen molar-refractivity contribution in [3.63, 3.8) is 0 Å². The van der Waals surface area contributed by atoms with E-state index < -0.39 is 7.60 Å². The molecule has 2 N–H and O–H groups in total. The summed E-state index contributed by atoms with van der Waals surface area (Å²) in [5.74, 6) is 0.418. The van der Waals surface area contributed by atoms with Crippen LogP contribution in [-0.4, -0.2) is 22.8 Å². The highest BCUT2D eigenvalue weighted by molar-refractivity contribution is 7.53. The van der Waals surface area contributed by atoms with Gasteiger partial charge in [-0.2, -0.15) is 0 Å². The summed E-state index contributed by atoms with van der Waals surface area (Å²) in [6.07, 6.45) is 2.16. The van der Waals surface area contributed by atoms with Crippen molar-refractivity contribution >= 4 is 18.4 Å². The van der Waals surface area contributed by atoms with Crippen LogP contribution in [0.3, 0.4) is 0 Å². The van der Waals surface area contributed by atoms with Gasteiger partial charge in [-0.25, -0.2) is 4.57 Å². The number of hydrogen-bond donors (Lipinski definition) is 2. The minimum absolute atomic E-state index is 0.0214. The molecule has 0 radical (unpaired) electrons. The molecule has 0 aromatic heterocycles. The number of rotatable bonds is 6. The first-order valence-corrected chi connectivity index (χ1v) is 8.54. The van der Waals surface area contributed by atoms with Crippen molar-refractivity contribution in [1.82, 2.24) is 0 Å². The van der Waals surface area contributed by atoms with Gasteiger partial charge in [0.15, 0.2) is 0 Å². The van der Waals surface area contributed by atoms with E-state index in [1.54, 1.807) is 25.1 Å². The van der Waals surface area contributed by atoms with E-state index in [1.807, 2.05) is 30.3 Å². The Labute approximate surface area is 124 Å². The molecule has 0 saturated carbocycles. The average Bonchev–Trinajstić information content (AvgIpc) is 2.47. The Morgan fingerprint density at radius 3 is 2.71 bits per heavy atom. The Morgan fingerprint density at radius 2 is 1.95 bits per heavy atom. The molecule has 0 spiro atoms. The molecule has 0 bridgehead atoms. The topological polar surface area (TPSA) is 66.8 Å². The van der Waals surface area contributed by atoms with Crippen molar-refractivity contribution in [3.05, 3.63) is 54.1 Å². The van der Waals surface area contributed by atoms with Crippen molar-refractivity contribution in [2.24, 2.45) is 0 Å². The van der Waals surface area contributed by atoms with Crippen LogP contribution in [0.2, 0.25) is 0 Å². The molecule has 112 valence electrons. The maximum absolute atomic E-state index is 12.1. The number of hydrogen-bond acceptors (Lipinski definition) is 3. The number of fused-ring (bicyclic) bond motifs is 1. The summed E-state index contributed by atoms with van der Waals surface area (Å²) in [4.78, 5) is 9.95. The number of aliphatic hydroxyl groups is 1. The Balaban J connectivity index is 2.13. The SMILES string of the molecule is C/C(=C/CCP(=O)(O)Oc1cccc2ccccc12)CO. The fourth-order valence-electron chi connectivity index (χ4n) is 2.01. The molecular formula is C16H19O4P. The molecule has 2 aromatic carbocycles. The Kier molecular flexibility index (Phi) is 5.18. The summed E-state index contributed by atoms with van der Waals surface area (Å²) >= 11 is 0. The third-order valence-corrected chi connectivity index (χ3v) is 4.45. The normalized spacial score (nSPS) is 14.9. The molecule has 0 aliphatic carbocycles. The second-order valence-corrected chi connectivity index (χ2v) is 6.83. The van der Waals surface area contributed by atoms with Gasteiger partial charge in [0.25, 0.3) is 0 Å². The van der Waals surface area contributed by atoms with Crippen LogP contribution < -0.4 is 4.52 Å². The molecule has 0 aliphatic heterocycles. The van der Waals surface area contributed by atoms with Crippen LogP contribution in [-0.2, 0) is 4.57 Å². The summed E-state index contributed by atoms with van der Waals surface area (Å²) in [6, 6.07) is 13.0. The lowest BCUT2D eigenvalue weighted by atomic mass is 10.1. The Morgan fingerprint density at radius 1 is 1.24 bits per heavy atom. The molecule has 0 saturated heterocycles. The lowest BCUT2D eigenvalue weighted by Gasteiger charge is -2.14. The van der Waals surface area contributed by atoms with Crippen molar-refractivity contribution in [2.75, 3.05) is 12.8 Å². The van der Waals surface area contributed by atoms with Crippen molar-refractivity contribution in [1.29, 1.82) is 0 Å². The molecule has 0 amide bonds. The first kappa shape index (κ1) is 15.8. The molecular weight excluding hydrogens is 287 g/mol. The second-order valence-electron chi connectivity index (χ2n) is 4.93. The van der Waals surface area contributed by atoms with E-state index in [-0.39, 0.29) is 12.8 Å². The van der Waals surface area contributed by atoms with E-state index in [0.29, 0.717) is 12.2 Å². The fraction of sp³-hybridized carbons (Fsp3) is 0.250. The lowest BCUT2D eigenvalue weighted by molar-refractivity contribution is 0.331. The van der Waals surface area contributed by atoms with Gasteiger partial charge in [0.05, 0.1) is 12.8 Å². The number of allylic oxidation sites excluding steroid dienone is 1. The summed E-state index contributed by atoms with van der Waals surface area (Å²) in [5.41, 5.74) is 0.778. The summed E-state index contributed by atoms with van der Waals surface area (Å²) in [7, 11) is -3.71. The third kappa shape index (κ3) is 4.43. The molecule has 1 atom stereocenters. The smallest absolute Gasteiger partial charge is 0.376 e. The van der Waals surface area contributed by atoms with E-state index >= 15 is 0 Å². The van der Waals surface area contributed by atoms with Crippen LogP contribution in [0.5, 0.6) is 5.75 Å². The van der Waals surface area contributed by atoms with Crippen LogP contribution >= 0.6 is 7.60 Å². The van der Waals surface area contributed by atoms with Gasteiger partial charge in [-0.15, -0.1) is 0 Å². The maximum atomic E-state index is 12.1. The maximum Gasteiger partial charge on any atom is 0.376 e. The monoisotopic (exact) mass is 306 g/mol. The molecule has 0 fully saturated rings. The van der Waals surface area contributed by atoms with E-state index in [4.69, 9.17) is 9.63 Å². The van der Waals surface area contributed by atoms with Crippen LogP contribution in [0, 0.1) is 0 Å². The van der Waals surface area contributed by atoms with E-state index in [2.05, 4.69) is 0 Å². The van der Waals surface area contributed by atoms with Gasteiger partial charge in [-0.05, 0) is 24.8 Å². The fourth-order valence-corrected chi connectivity index (χ4v) is 3.03.